The number of hydrogen-bond donors (Lipinski definition) is 0. The van der Waals surface area contributed by atoms with Gasteiger partial charge in [-0.05, 0) is 43.7 Å². The molecular formula is C26H23F4N5O. The van der Waals surface area contributed by atoms with E-state index in [1.165, 1.54) is 18.2 Å². The Hall–Kier alpha value is -3.95. The third-order valence-electron chi connectivity index (χ3n) is 6.35. The highest BCUT2D eigenvalue weighted by Gasteiger charge is 2.36. The molecule has 5 rings (SSSR count). The van der Waals surface area contributed by atoms with E-state index in [1.807, 2.05) is 13.8 Å². The molecule has 1 aliphatic rings. The maximum atomic E-state index is 13.9. The molecule has 3 heterocycles. The Morgan fingerprint density at radius 3 is 2.25 bits per heavy atom. The summed E-state index contributed by atoms with van der Waals surface area (Å²) < 4.78 is 55.8. The van der Waals surface area contributed by atoms with Gasteiger partial charge in [-0.25, -0.2) is 13.9 Å². The number of aromatic nitrogens is 3. The summed E-state index contributed by atoms with van der Waals surface area (Å²) in [7, 11) is 0. The van der Waals surface area contributed by atoms with Gasteiger partial charge in [0, 0.05) is 43.5 Å². The zero-order valence-corrected chi connectivity index (χ0v) is 19.7. The standard InChI is InChI=1S/C26H23F4N5O/c1-16-3-5-18(6-4-16)20-14-23(26(28,29)30)35-24(31-20)15-21(32-35)25(36)34-11-9-33(10-12-34)22-8-7-19(27)13-17(22)2/h3-8,13-15H,9-12H2,1-2H3. The lowest BCUT2D eigenvalue weighted by Crippen LogP contribution is -2.49. The number of nitrogens with zero attached hydrogens (tertiary/aromatic N) is 5. The van der Waals surface area contributed by atoms with Crippen LogP contribution in [0, 0.1) is 19.7 Å². The molecule has 1 amide bonds. The minimum absolute atomic E-state index is 0.0516. The molecule has 0 saturated carbocycles. The minimum atomic E-state index is -4.69. The Morgan fingerprint density at radius 1 is 0.917 bits per heavy atom. The van der Waals surface area contributed by atoms with Gasteiger partial charge < -0.3 is 9.80 Å². The molecule has 4 aromatic rings. The van der Waals surface area contributed by atoms with E-state index in [2.05, 4.69) is 15.0 Å². The van der Waals surface area contributed by atoms with Crippen LogP contribution >= 0.6 is 0 Å². The highest BCUT2D eigenvalue weighted by Crippen LogP contribution is 2.32. The molecule has 0 radical (unpaired) electrons. The number of halogens is 4. The van der Waals surface area contributed by atoms with Gasteiger partial charge in [0.15, 0.2) is 17.0 Å². The third kappa shape index (κ3) is 4.50. The number of carbonyl (C=O) groups excluding carboxylic acids is 1. The first-order valence-electron chi connectivity index (χ1n) is 11.5. The van der Waals surface area contributed by atoms with Crippen molar-refractivity contribution >= 4 is 17.2 Å². The van der Waals surface area contributed by atoms with Crippen LogP contribution in [-0.4, -0.2) is 51.6 Å². The van der Waals surface area contributed by atoms with Gasteiger partial charge in [0.1, 0.15) is 5.82 Å². The van der Waals surface area contributed by atoms with Crippen molar-refractivity contribution in [2.24, 2.45) is 0 Å². The van der Waals surface area contributed by atoms with Crippen molar-refractivity contribution in [1.82, 2.24) is 19.5 Å². The maximum absolute atomic E-state index is 13.9. The molecule has 10 heteroatoms. The zero-order valence-electron chi connectivity index (χ0n) is 19.7. The second-order valence-corrected chi connectivity index (χ2v) is 8.90. The highest BCUT2D eigenvalue weighted by molar-refractivity contribution is 5.93. The predicted octanol–water partition coefficient (Wildman–Crippen LogP) is 5.13. The summed E-state index contributed by atoms with van der Waals surface area (Å²) in [5.41, 5.74) is 2.20. The molecule has 6 nitrogen and oxygen atoms in total. The van der Waals surface area contributed by atoms with E-state index in [-0.39, 0.29) is 22.9 Å². The average Bonchev–Trinajstić information content (AvgIpc) is 3.27. The first kappa shape index (κ1) is 23.8. The van der Waals surface area contributed by atoms with Crippen LogP contribution < -0.4 is 4.90 Å². The second-order valence-electron chi connectivity index (χ2n) is 8.90. The van der Waals surface area contributed by atoms with Crippen LogP contribution in [0.3, 0.4) is 0 Å². The monoisotopic (exact) mass is 497 g/mol. The Kier molecular flexibility index (Phi) is 5.89. The smallest absolute Gasteiger partial charge is 0.368 e. The largest absolute Gasteiger partial charge is 0.433 e. The van der Waals surface area contributed by atoms with Crippen molar-refractivity contribution in [2.45, 2.75) is 20.0 Å². The van der Waals surface area contributed by atoms with Crippen LogP contribution in [0.2, 0.25) is 0 Å². The number of anilines is 1. The summed E-state index contributed by atoms with van der Waals surface area (Å²) in [5.74, 6) is -0.768. The second kappa shape index (κ2) is 8.92. The predicted molar refractivity (Wildman–Crippen MR) is 127 cm³/mol. The normalized spacial score (nSPS) is 14.5. The van der Waals surface area contributed by atoms with E-state index >= 15 is 0 Å². The summed E-state index contributed by atoms with van der Waals surface area (Å²) in [6.07, 6.45) is -4.69. The minimum Gasteiger partial charge on any atom is -0.368 e. The number of fused-ring (bicyclic) bond motifs is 1. The molecular weight excluding hydrogens is 474 g/mol. The number of amides is 1. The number of benzene rings is 2. The molecule has 0 unspecified atom stereocenters. The van der Waals surface area contributed by atoms with Crippen LogP contribution in [-0.2, 0) is 6.18 Å². The molecule has 186 valence electrons. The molecule has 1 aliphatic heterocycles. The summed E-state index contributed by atoms with van der Waals surface area (Å²) in [5, 5.41) is 3.99. The van der Waals surface area contributed by atoms with E-state index in [4.69, 9.17) is 0 Å². The number of carbonyl (C=O) groups is 1. The van der Waals surface area contributed by atoms with Crippen molar-refractivity contribution in [3.8, 4) is 11.3 Å². The Bertz CT molecular complexity index is 1440. The molecule has 0 bridgehead atoms. The number of hydrogen-bond acceptors (Lipinski definition) is 4. The molecule has 0 aliphatic carbocycles. The summed E-state index contributed by atoms with van der Waals surface area (Å²) >= 11 is 0. The Morgan fingerprint density at radius 2 is 1.61 bits per heavy atom. The van der Waals surface area contributed by atoms with E-state index in [9.17, 15) is 22.4 Å². The fourth-order valence-electron chi connectivity index (χ4n) is 4.44. The number of alkyl halides is 3. The lowest BCUT2D eigenvalue weighted by Gasteiger charge is -2.36. The Labute approximate surface area is 204 Å². The molecule has 1 saturated heterocycles. The third-order valence-corrected chi connectivity index (χ3v) is 6.35. The van der Waals surface area contributed by atoms with Gasteiger partial charge in [0.25, 0.3) is 5.91 Å². The summed E-state index contributed by atoms with van der Waals surface area (Å²) in [6, 6.07) is 13.8. The van der Waals surface area contributed by atoms with Crippen LogP contribution in [0.1, 0.15) is 27.3 Å². The van der Waals surface area contributed by atoms with Gasteiger partial charge in [-0.2, -0.15) is 18.3 Å². The summed E-state index contributed by atoms with van der Waals surface area (Å²) in [6.45, 7) is 5.44. The first-order valence-corrected chi connectivity index (χ1v) is 11.5. The van der Waals surface area contributed by atoms with E-state index in [0.29, 0.717) is 36.3 Å². The van der Waals surface area contributed by atoms with Crippen molar-refractivity contribution in [3.63, 3.8) is 0 Å². The van der Waals surface area contributed by atoms with Gasteiger partial charge in [-0.3, -0.25) is 4.79 Å². The average molecular weight is 497 g/mol. The van der Waals surface area contributed by atoms with Crippen LogP contribution in [0.15, 0.2) is 54.6 Å². The molecule has 0 atom stereocenters. The lowest BCUT2D eigenvalue weighted by atomic mass is 10.1. The molecule has 0 N–H and O–H groups in total. The molecule has 1 fully saturated rings. The summed E-state index contributed by atoms with van der Waals surface area (Å²) in [4.78, 5) is 21.1. The fraction of sp³-hybridized carbons (Fsp3) is 0.269. The topological polar surface area (TPSA) is 53.7 Å². The van der Waals surface area contributed by atoms with E-state index < -0.39 is 17.8 Å². The SMILES string of the molecule is Cc1ccc(-c2cc(C(F)(F)F)n3nc(C(=O)N4CCN(c5ccc(F)cc5C)CC4)cc3n2)cc1. The van der Waals surface area contributed by atoms with Crippen LogP contribution in [0.4, 0.5) is 23.2 Å². The van der Waals surface area contributed by atoms with Gasteiger partial charge >= 0.3 is 6.18 Å². The molecule has 36 heavy (non-hydrogen) atoms. The fourth-order valence-corrected chi connectivity index (χ4v) is 4.44. The van der Waals surface area contributed by atoms with Crippen LogP contribution in [0.5, 0.6) is 0 Å². The molecule has 2 aromatic heterocycles. The number of rotatable bonds is 3. The lowest BCUT2D eigenvalue weighted by molar-refractivity contribution is -0.142. The van der Waals surface area contributed by atoms with Crippen molar-refractivity contribution in [3.05, 3.63) is 82.9 Å². The van der Waals surface area contributed by atoms with Gasteiger partial charge in [-0.1, -0.05) is 29.8 Å². The molecule has 2 aromatic carbocycles. The number of aryl methyl sites for hydroxylation is 2. The zero-order chi connectivity index (χ0) is 25.6. The quantitative estimate of drug-likeness (QED) is 0.368. The van der Waals surface area contributed by atoms with Gasteiger partial charge in [-0.15, -0.1) is 0 Å². The molecule has 0 spiro atoms. The highest BCUT2D eigenvalue weighted by atomic mass is 19.4. The van der Waals surface area contributed by atoms with Gasteiger partial charge in [0.05, 0.1) is 5.69 Å². The van der Waals surface area contributed by atoms with E-state index in [0.717, 1.165) is 22.9 Å². The maximum Gasteiger partial charge on any atom is 0.433 e. The van der Waals surface area contributed by atoms with Crippen molar-refractivity contribution in [2.75, 3.05) is 31.1 Å². The van der Waals surface area contributed by atoms with E-state index in [1.54, 1.807) is 35.2 Å². The first-order chi connectivity index (χ1) is 17.1. The van der Waals surface area contributed by atoms with Crippen LogP contribution in [0.25, 0.3) is 16.9 Å². The van der Waals surface area contributed by atoms with Crippen molar-refractivity contribution < 1.29 is 22.4 Å². The Balaban J connectivity index is 1.42. The van der Waals surface area contributed by atoms with Gasteiger partial charge in [0.2, 0.25) is 0 Å². The number of piperazine rings is 1. The van der Waals surface area contributed by atoms with Crippen molar-refractivity contribution in [1.29, 1.82) is 0 Å².